The van der Waals surface area contributed by atoms with Crippen LogP contribution < -0.4 is 5.73 Å². The fourth-order valence-corrected chi connectivity index (χ4v) is 1.70. The maximum atomic E-state index is 11.6. The normalized spacial score (nSPS) is 27.9. The predicted molar refractivity (Wildman–Crippen MR) is 55.0 cm³/mol. The Bertz CT molecular complexity index is 206. The number of hydrogen-bond donors (Lipinski definition) is 1. The van der Waals surface area contributed by atoms with E-state index in [0.29, 0.717) is 0 Å². The van der Waals surface area contributed by atoms with Crippen molar-refractivity contribution in [3.05, 3.63) is 0 Å². The first-order valence-electron chi connectivity index (χ1n) is 5.25. The Balaban J connectivity index is 2.53. The summed E-state index contributed by atoms with van der Waals surface area (Å²) in [6, 6.07) is 0.179. The Morgan fingerprint density at radius 1 is 1.57 bits per heavy atom. The summed E-state index contributed by atoms with van der Waals surface area (Å²) in [5.41, 5.74) is 5.89. The van der Waals surface area contributed by atoms with Crippen LogP contribution in [0.25, 0.3) is 0 Å². The van der Waals surface area contributed by atoms with Crippen molar-refractivity contribution in [1.29, 1.82) is 0 Å². The number of nitrogens with two attached hydrogens (primary N) is 1. The molecule has 1 aliphatic heterocycles. The zero-order valence-electron chi connectivity index (χ0n) is 9.19. The summed E-state index contributed by atoms with van der Waals surface area (Å²) in [5, 5.41) is 0. The van der Waals surface area contributed by atoms with Gasteiger partial charge < -0.3 is 15.4 Å². The average Bonchev–Trinajstić information content (AvgIpc) is 2.08. The third-order valence-electron chi connectivity index (χ3n) is 2.62. The molecule has 82 valence electrons. The van der Waals surface area contributed by atoms with Gasteiger partial charge in [-0.3, -0.25) is 0 Å². The lowest BCUT2D eigenvalue weighted by Crippen LogP contribution is -2.53. The molecule has 14 heavy (non-hydrogen) atoms. The van der Waals surface area contributed by atoms with Gasteiger partial charge in [0.15, 0.2) is 0 Å². The van der Waals surface area contributed by atoms with Crippen molar-refractivity contribution in [2.24, 2.45) is 5.73 Å². The molecule has 1 rings (SSSR count). The number of amides is 1. The zero-order valence-corrected chi connectivity index (χ0v) is 9.19. The summed E-state index contributed by atoms with van der Waals surface area (Å²) in [6.07, 6.45) is 1.67. The van der Waals surface area contributed by atoms with Gasteiger partial charge in [0.25, 0.3) is 0 Å². The van der Waals surface area contributed by atoms with Crippen molar-refractivity contribution in [2.45, 2.75) is 51.8 Å². The fraction of sp³-hybridized carbons (Fsp3) is 0.900. The lowest BCUT2D eigenvalue weighted by molar-refractivity contribution is 0.0517. The van der Waals surface area contributed by atoms with E-state index >= 15 is 0 Å². The summed E-state index contributed by atoms with van der Waals surface area (Å²) >= 11 is 0. The molecular formula is C10H20N2O2. The standard InChI is InChI=1S/C10H20N2O2/c1-7(2)14-10(13)12-6-4-5-9(11)8(12)3/h7-9H,4-6,11H2,1-3H3. The Kier molecular flexibility index (Phi) is 3.75. The van der Waals surface area contributed by atoms with Crippen molar-refractivity contribution in [1.82, 2.24) is 4.90 Å². The highest BCUT2D eigenvalue weighted by molar-refractivity contribution is 5.68. The first kappa shape index (κ1) is 11.3. The number of likely N-dealkylation sites (tertiary alicyclic amines) is 1. The van der Waals surface area contributed by atoms with Gasteiger partial charge in [-0.2, -0.15) is 0 Å². The summed E-state index contributed by atoms with van der Waals surface area (Å²) in [6.45, 7) is 6.45. The molecule has 2 N–H and O–H groups in total. The van der Waals surface area contributed by atoms with E-state index in [2.05, 4.69) is 0 Å². The monoisotopic (exact) mass is 200 g/mol. The maximum absolute atomic E-state index is 11.6. The van der Waals surface area contributed by atoms with Crippen molar-refractivity contribution in [2.75, 3.05) is 6.54 Å². The Hall–Kier alpha value is -0.770. The second-order valence-electron chi connectivity index (χ2n) is 4.17. The second kappa shape index (κ2) is 4.64. The number of nitrogens with zero attached hydrogens (tertiary/aromatic N) is 1. The fourth-order valence-electron chi connectivity index (χ4n) is 1.70. The van der Waals surface area contributed by atoms with Crippen LogP contribution in [0, 0.1) is 0 Å². The Morgan fingerprint density at radius 2 is 2.21 bits per heavy atom. The molecule has 2 atom stereocenters. The van der Waals surface area contributed by atoms with Gasteiger partial charge >= 0.3 is 6.09 Å². The molecule has 0 aromatic rings. The van der Waals surface area contributed by atoms with E-state index in [0.717, 1.165) is 19.4 Å². The van der Waals surface area contributed by atoms with Crippen LogP contribution in [-0.2, 0) is 4.74 Å². The molecule has 1 heterocycles. The first-order chi connectivity index (χ1) is 6.52. The van der Waals surface area contributed by atoms with Gasteiger partial charge in [-0.15, -0.1) is 0 Å². The summed E-state index contributed by atoms with van der Waals surface area (Å²) in [4.78, 5) is 13.3. The third-order valence-corrected chi connectivity index (χ3v) is 2.62. The zero-order chi connectivity index (χ0) is 10.7. The van der Waals surface area contributed by atoms with Crippen LogP contribution in [0.1, 0.15) is 33.6 Å². The molecule has 0 aromatic heterocycles. The molecule has 4 nitrogen and oxygen atoms in total. The molecule has 0 bridgehead atoms. The van der Waals surface area contributed by atoms with E-state index in [4.69, 9.17) is 10.5 Å². The lowest BCUT2D eigenvalue weighted by atomic mass is 9.99. The SMILES string of the molecule is CC(C)OC(=O)N1CCCC(N)C1C. The van der Waals surface area contributed by atoms with Gasteiger partial charge in [-0.25, -0.2) is 4.79 Å². The van der Waals surface area contributed by atoms with Crippen molar-refractivity contribution < 1.29 is 9.53 Å². The van der Waals surface area contributed by atoms with Crippen LogP contribution in [0.3, 0.4) is 0 Å². The summed E-state index contributed by atoms with van der Waals surface area (Å²) in [5.74, 6) is 0. The van der Waals surface area contributed by atoms with Crippen LogP contribution >= 0.6 is 0 Å². The number of ether oxygens (including phenoxy) is 1. The Morgan fingerprint density at radius 3 is 2.79 bits per heavy atom. The van der Waals surface area contributed by atoms with Crippen LogP contribution in [0.4, 0.5) is 4.79 Å². The van der Waals surface area contributed by atoms with E-state index in [1.165, 1.54) is 0 Å². The largest absolute Gasteiger partial charge is 0.447 e. The molecule has 2 unspecified atom stereocenters. The summed E-state index contributed by atoms with van der Waals surface area (Å²) in [7, 11) is 0. The molecule has 1 fully saturated rings. The molecule has 1 saturated heterocycles. The van der Waals surface area contributed by atoms with E-state index < -0.39 is 0 Å². The van der Waals surface area contributed by atoms with Gasteiger partial charge in [0.05, 0.1) is 6.10 Å². The molecule has 0 aliphatic carbocycles. The number of hydrogen-bond acceptors (Lipinski definition) is 3. The van der Waals surface area contributed by atoms with Gasteiger partial charge in [0.2, 0.25) is 0 Å². The third kappa shape index (κ3) is 2.61. The van der Waals surface area contributed by atoms with Crippen LogP contribution in [-0.4, -0.2) is 35.7 Å². The second-order valence-corrected chi connectivity index (χ2v) is 4.17. The molecule has 0 aromatic carbocycles. The van der Waals surface area contributed by atoms with E-state index in [1.807, 2.05) is 20.8 Å². The molecule has 0 saturated carbocycles. The highest BCUT2D eigenvalue weighted by Crippen LogP contribution is 2.17. The molecule has 0 spiro atoms. The van der Waals surface area contributed by atoms with E-state index in [9.17, 15) is 4.79 Å². The maximum Gasteiger partial charge on any atom is 0.410 e. The van der Waals surface area contributed by atoms with Crippen LogP contribution in [0.5, 0.6) is 0 Å². The van der Waals surface area contributed by atoms with Gasteiger partial charge in [-0.05, 0) is 33.6 Å². The summed E-state index contributed by atoms with van der Waals surface area (Å²) < 4.78 is 5.14. The Labute approximate surface area is 85.4 Å². The highest BCUT2D eigenvalue weighted by atomic mass is 16.6. The lowest BCUT2D eigenvalue weighted by Gasteiger charge is -2.37. The minimum absolute atomic E-state index is 0.0622. The van der Waals surface area contributed by atoms with E-state index in [-0.39, 0.29) is 24.3 Å². The molecule has 4 heteroatoms. The predicted octanol–water partition coefficient (Wildman–Crippen LogP) is 1.34. The van der Waals surface area contributed by atoms with Crippen LogP contribution in [0.2, 0.25) is 0 Å². The van der Waals surface area contributed by atoms with Gasteiger partial charge in [-0.1, -0.05) is 0 Å². The topological polar surface area (TPSA) is 55.6 Å². The van der Waals surface area contributed by atoms with Crippen molar-refractivity contribution in [3.8, 4) is 0 Å². The van der Waals surface area contributed by atoms with Crippen LogP contribution in [0.15, 0.2) is 0 Å². The van der Waals surface area contributed by atoms with Crippen molar-refractivity contribution in [3.63, 3.8) is 0 Å². The minimum atomic E-state index is -0.234. The smallest absolute Gasteiger partial charge is 0.410 e. The minimum Gasteiger partial charge on any atom is -0.447 e. The average molecular weight is 200 g/mol. The van der Waals surface area contributed by atoms with Crippen molar-refractivity contribution >= 4 is 6.09 Å². The molecule has 0 radical (unpaired) electrons. The number of carbonyl (C=O) groups is 1. The molecule has 1 aliphatic rings. The van der Waals surface area contributed by atoms with E-state index in [1.54, 1.807) is 4.90 Å². The molecule has 1 amide bonds. The first-order valence-corrected chi connectivity index (χ1v) is 5.25. The molecular weight excluding hydrogens is 180 g/mol. The quantitative estimate of drug-likeness (QED) is 0.695. The number of carbonyl (C=O) groups excluding carboxylic acids is 1. The number of rotatable bonds is 1. The highest BCUT2D eigenvalue weighted by Gasteiger charge is 2.29. The number of piperidine rings is 1. The van der Waals surface area contributed by atoms with Gasteiger partial charge in [0.1, 0.15) is 0 Å². The van der Waals surface area contributed by atoms with Gasteiger partial charge in [0, 0.05) is 18.6 Å².